The Labute approximate surface area is 339 Å². The average Bonchev–Trinajstić information content (AvgIpc) is 4.01. The van der Waals surface area contributed by atoms with Gasteiger partial charge in [-0.2, -0.15) is 0 Å². The Hall–Kier alpha value is -6.48. The fourth-order valence-corrected chi connectivity index (χ4v) is 12.4. The number of hydrogen-bond acceptors (Lipinski definition) is 8. The van der Waals surface area contributed by atoms with E-state index < -0.39 is 10.8 Å². The highest BCUT2D eigenvalue weighted by atomic mass is 32.1. The summed E-state index contributed by atoms with van der Waals surface area (Å²) in [5.41, 5.74) is 5.10. The molecular formula is C50H30N2O4S2. The lowest BCUT2D eigenvalue weighted by molar-refractivity contribution is 0.0975. The molecule has 4 aliphatic rings. The molecule has 0 amide bonds. The molecule has 0 aliphatic heterocycles. The minimum Gasteiger partial charge on any atom is -0.288 e. The second-order valence-corrected chi connectivity index (χ2v) is 18.8. The molecular weight excluding hydrogens is 757 g/mol. The monoisotopic (exact) mass is 786 g/mol. The lowest BCUT2D eigenvalue weighted by Crippen LogP contribution is -2.18. The number of benzene rings is 6. The van der Waals surface area contributed by atoms with Crippen molar-refractivity contribution in [3.8, 4) is 0 Å². The number of fused-ring (bicyclic) bond motifs is 10. The molecule has 8 heteroatoms. The van der Waals surface area contributed by atoms with Gasteiger partial charge in [-0.15, -0.1) is 22.7 Å². The van der Waals surface area contributed by atoms with Crippen molar-refractivity contribution in [1.82, 2.24) is 9.97 Å². The summed E-state index contributed by atoms with van der Waals surface area (Å²) in [5, 5.41) is 9.25. The quantitative estimate of drug-likeness (QED) is 0.0984. The number of nitrogens with zero attached hydrogens (tertiary/aromatic N) is 2. The molecule has 58 heavy (non-hydrogen) atoms. The van der Waals surface area contributed by atoms with Gasteiger partial charge in [0, 0.05) is 33.1 Å². The summed E-state index contributed by atoms with van der Waals surface area (Å²) in [6, 6.07) is 31.8. The van der Waals surface area contributed by atoms with E-state index in [1.165, 1.54) is 22.7 Å². The summed E-state index contributed by atoms with van der Waals surface area (Å²) in [7, 11) is 0. The second-order valence-electron chi connectivity index (χ2n) is 16.8. The van der Waals surface area contributed by atoms with Gasteiger partial charge in [0.1, 0.15) is 10.0 Å². The minimum absolute atomic E-state index is 0.137. The van der Waals surface area contributed by atoms with Crippen LogP contribution in [-0.4, -0.2) is 33.1 Å². The van der Waals surface area contributed by atoms with Gasteiger partial charge in [0.05, 0.1) is 32.3 Å². The van der Waals surface area contributed by atoms with Crippen molar-refractivity contribution >= 4 is 112 Å². The van der Waals surface area contributed by atoms with Gasteiger partial charge in [-0.05, 0) is 115 Å². The van der Waals surface area contributed by atoms with Crippen LogP contribution in [0.2, 0.25) is 0 Å². The summed E-state index contributed by atoms with van der Waals surface area (Å²) < 4.78 is 0. The molecule has 0 N–H and O–H groups in total. The highest BCUT2D eigenvalue weighted by Gasteiger charge is 2.54. The van der Waals surface area contributed by atoms with Crippen LogP contribution in [0.4, 0.5) is 0 Å². The molecule has 0 atom stereocenters. The smallest absolute Gasteiger partial charge is 0.197 e. The molecule has 8 aromatic rings. The van der Waals surface area contributed by atoms with E-state index in [1.807, 2.05) is 72.8 Å². The Kier molecular flexibility index (Phi) is 6.45. The van der Waals surface area contributed by atoms with E-state index in [2.05, 4.69) is 52.0 Å². The Morgan fingerprint density at radius 1 is 0.431 bits per heavy atom. The SMILES string of the molecule is CC1(C)C2=C(c3sc(C=C4C(=O)c5cc6cc7ccccc7cc6cc5C4=O)nc31)C(C)(C)c1nc(C=C3C(=O)c4cc5cc6ccccc6cc5cc4C3=O)sc12. The van der Waals surface area contributed by atoms with E-state index in [9.17, 15) is 19.2 Å². The second kappa shape index (κ2) is 11.1. The van der Waals surface area contributed by atoms with E-state index in [1.54, 1.807) is 12.2 Å². The molecule has 0 unspecified atom stereocenters. The molecule has 6 nitrogen and oxygen atoms in total. The third-order valence-electron chi connectivity index (χ3n) is 12.6. The number of Topliss-reactive ketones (excluding diaryl/α,β-unsaturated/α-hetero) is 4. The van der Waals surface area contributed by atoms with Crippen LogP contribution in [0.25, 0.3) is 66.4 Å². The third kappa shape index (κ3) is 4.36. The largest absolute Gasteiger partial charge is 0.288 e. The van der Waals surface area contributed by atoms with E-state index in [0.29, 0.717) is 32.3 Å². The van der Waals surface area contributed by atoms with Gasteiger partial charge in [-0.25, -0.2) is 9.97 Å². The number of ketones is 4. The zero-order valence-electron chi connectivity index (χ0n) is 31.7. The number of aromatic nitrogens is 2. The van der Waals surface area contributed by atoms with Crippen molar-refractivity contribution in [2.45, 2.75) is 38.5 Å². The van der Waals surface area contributed by atoms with Gasteiger partial charge < -0.3 is 0 Å². The lowest BCUT2D eigenvalue weighted by atomic mass is 9.84. The first-order valence-electron chi connectivity index (χ1n) is 19.2. The van der Waals surface area contributed by atoms with Crippen molar-refractivity contribution in [3.05, 3.63) is 162 Å². The fourth-order valence-electron chi connectivity index (χ4n) is 9.67. The van der Waals surface area contributed by atoms with Crippen LogP contribution < -0.4 is 0 Å². The van der Waals surface area contributed by atoms with Crippen LogP contribution in [0.3, 0.4) is 0 Å². The van der Waals surface area contributed by atoms with E-state index >= 15 is 0 Å². The van der Waals surface area contributed by atoms with Gasteiger partial charge in [-0.3, -0.25) is 19.2 Å². The molecule has 6 aromatic carbocycles. The molecule has 0 saturated carbocycles. The predicted octanol–water partition coefficient (Wildman–Crippen LogP) is 11.6. The number of allylic oxidation sites excluding steroid dienone is 4. The number of thiazole rings is 2. The van der Waals surface area contributed by atoms with Crippen molar-refractivity contribution in [2.75, 3.05) is 0 Å². The summed E-state index contributed by atoms with van der Waals surface area (Å²) in [6.45, 7) is 8.61. The van der Waals surface area contributed by atoms with Gasteiger partial charge in [0.15, 0.2) is 23.1 Å². The normalized spacial score (nSPS) is 17.2. The Balaban J connectivity index is 0.893. The maximum absolute atomic E-state index is 13.8. The Morgan fingerprint density at radius 2 is 0.724 bits per heavy atom. The predicted molar refractivity (Wildman–Crippen MR) is 233 cm³/mol. The van der Waals surface area contributed by atoms with Crippen LogP contribution >= 0.6 is 22.7 Å². The van der Waals surface area contributed by atoms with E-state index in [0.717, 1.165) is 75.4 Å². The Bertz CT molecular complexity index is 3100. The first-order valence-corrected chi connectivity index (χ1v) is 20.8. The standard InChI is InChI=1S/C50H30N2O4S2/c1-49(2)39-40(46-47(49)51-37(58-46)21-35-41(53)31-17-27-13-23-9-5-6-10-24(23)14-28(27)18-32(31)42(35)54)50(3,4)48-45(39)57-38(52-48)22-36-43(55)33-19-29-15-25-11-7-8-12-26(25)16-30(29)20-34(33)44(36)56/h5-22H,1-4H3. The maximum Gasteiger partial charge on any atom is 0.197 e. The Morgan fingerprint density at radius 3 is 1.02 bits per heavy atom. The van der Waals surface area contributed by atoms with E-state index in [-0.39, 0.29) is 34.3 Å². The van der Waals surface area contributed by atoms with Gasteiger partial charge in [0.2, 0.25) is 0 Å². The molecule has 12 rings (SSSR count). The number of carbonyl (C=O) groups excluding carboxylic acids is 4. The molecule has 0 spiro atoms. The van der Waals surface area contributed by atoms with Crippen LogP contribution in [0.15, 0.2) is 108 Å². The van der Waals surface area contributed by atoms with Crippen LogP contribution in [-0.2, 0) is 10.8 Å². The van der Waals surface area contributed by atoms with Crippen molar-refractivity contribution in [2.24, 2.45) is 0 Å². The topological polar surface area (TPSA) is 94.1 Å². The van der Waals surface area contributed by atoms with Crippen LogP contribution in [0, 0.1) is 0 Å². The van der Waals surface area contributed by atoms with Crippen LogP contribution in [0.5, 0.6) is 0 Å². The molecule has 0 saturated heterocycles. The number of carbonyl (C=O) groups is 4. The van der Waals surface area contributed by atoms with Gasteiger partial charge in [0.25, 0.3) is 0 Å². The summed E-state index contributed by atoms with van der Waals surface area (Å²) in [6.07, 6.45) is 3.34. The van der Waals surface area contributed by atoms with Crippen molar-refractivity contribution in [3.63, 3.8) is 0 Å². The van der Waals surface area contributed by atoms with Gasteiger partial charge >= 0.3 is 0 Å². The van der Waals surface area contributed by atoms with Crippen molar-refractivity contribution in [1.29, 1.82) is 0 Å². The lowest BCUT2D eigenvalue weighted by Gasteiger charge is -2.21. The zero-order valence-corrected chi connectivity index (χ0v) is 33.4. The fraction of sp³-hybridized carbons (Fsp3) is 0.120. The number of hydrogen-bond donors (Lipinski definition) is 0. The molecule has 2 aromatic heterocycles. The molecule has 2 heterocycles. The molecule has 0 fully saturated rings. The first kappa shape index (κ1) is 33.6. The highest BCUT2D eigenvalue weighted by Crippen LogP contribution is 2.64. The summed E-state index contributed by atoms with van der Waals surface area (Å²) >= 11 is 3.00. The average molecular weight is 787 g/mol. The third-order valence-corrected chi connectivity index (χ3v) is 14.6. The molecule has 0 radical (unpaired) electrons. The first-order chi connectivity index (χ1) is 27.9. The van der Waals surface area contributed by atoms with Crippen LogP contribution in [0.1, 0.15) is 100 Å². The van der Waals surface area contributed by atoms with E-state index in [4.69, 9.17) is 9.97 Å². The number of rotatable bonds is 2. The molecule has 0 bridgehead atoms. The maximum atomic E-state index is 13.8. The zero-order chi connectivity index (χ0) is 39.6. The molecule has 4 aliphatic carbocycles. The van der Waals surface area contributed by atoms with Gasteiger partial charge in [-0.1, -0.05) is 76.2 Å². The minimum atomic E-state index is -0.497. The van der Waals surface area contributed by atoms with Crippen molar-refractivity contribution < 1.29 is 19.2 Å². The summed E-state index contributed by atoms with van der Waals surface area (Å²) in [5.74, 6) is -1.10. The highest BCUT2D eigenvalue weighted by molar-refractivity contribution is 7.15. The molecule has 276 valence electrons. The summed E-state index contributed by atoms with van der Waals surface area (Å²) in [4.78, 5) is 67.5.